The molecule has 0 aliphatic heterocycles. The number of aromatic amines is 1. The summed E-state index contributed by atoms with van der Waals surface area (Å²) in [6.07, 6.45) is 0.223. The van der Waals surface area contributed by atoms with E-state index in [-0.39, 0.29) is 37.7 Å². The first kappa shape index (κ1) is 29.5. The van der Waals surface area contributed by atoms with Crippen LogP contribution in [0.5, 0.6) is 0 Å². The van der Waals surface area contributed by atoms with Crippen LogP contribution in [0.25, 0.3) is 10.9 Å². The Kier molecular flexibility index (Phi) is 11.6. The van der Waals surface area contributed by atoms with E-state index < -0.39 is 17.2 Å². The van der Waals surface area contributed by atoms with Crippen molar-refractivity contribution in [1.29, 1.82) is 0 Å². The molecule has 0 aliphatic carbocycles. The van der Waals surface area contributed by atoms with Gasteiger partial charge in [-0.25, -0.2) is 9.36 Å². The number of hydrogen-bond donors (Lipinski definition) is 2. The van der Waals surface area contributed by atoms with Gasteiger partial charge in [-0.1, -0.05) is 0 Å². The summed E-state index contributed by atoms with van der Waals surface area (Å²) in [4.78, 5) is 60.9. The molecular weight excluding hydrogens is 696 g/mol. The molecule has 36 heavy (non-hydrogen) atoms. The van der Waals surface area contributed by atoms with Gasteiger partial charge in [0.15, 0.2) is 5.78 Å². The maximum Gasteiger partial charge on any atom is 0.329 e. The van der Waals surface area contributed by atoms with Gasteiger partial charge in [-0.05, 0) is 95.4 Å². The number of rotatable bonds is 8. The summed E-state index contributed by atoms with van der Waals surface area (Å²) < 4.78 is 12.2. The van der Waals surface area contributed by atoms with Crippen LogP contribution in [0.4, 0.5) is 5.69 Å². The standard InChI is InChI=1S/C12H11IN2O4.C12H14INO3/c1-2-19-10(16)6-15-11(17)8-5-7(13)3-4-9(8)14-12(15)18;1-2-17-12(16)6-5-11(15)9-7-8(13)3-4-10(9)14/h3-5H,2,6H2,1H3,(H,14,18);3-4,7H,2,5-6,14H2,1H3. The molecule has 0 aliphatic rings. The van der Waals surface area contributed by atoms with Crippen molar-refractivity contribution in [3.05, 3.63) is 69.9 Å². The number of aromatic nitrogens is 2. The molecule has 3 rings (SSSR count). The van der Waals surface area contributed by atoms with Crippen LogP contribution in [0, 0.1) is 7.14 Å². The van der Waals surface area contributed by atoms with E-state index in [1.807, 2.05) is 6.07 Å². The maximum atomic E-state index is 12.2. The Labute approximate surface area is 233 Å². The lowest BCUT2D eigenvalue weighted by Gasteiger charge is -2.06. The van der Waals surface area contributed by atoms with Crippen LogP contribution in [0.3, 0.4) is 0 Å². The molecule has 0 bridgehead atoms. The molecule has 2 aromatic carbocycles. The Morgan fingerprint density at radius 3 is 2.19 bits per heavy atom. The first-order valence-corrected chi connectivity index (χ1v) is 13.0. The fourth-order valence-electron chi connectivity index (χ4n) is 3.06. The maximum absolute atomic E-state index is 12.2. The minimum atomic E-state index is -0.619. The number of ketones is 1. The molecule has 0 spiro atoms. The number of carbonyl (C=O) groups excluding carboxylic acids is 3. The van der Waals surface area contributed by atoms with Gasteiger partial charge in [-0.2, -0.15) is 0 Å². The number of Topliss-reactive ketones (excluding diaryl/α,β-unsaturated/α-hetero) is 1. The second kappa shape index (κ2) is 14.1. The second-order valence-electron chi connectivity index (χ2n) is 7.28. The van der Waals surface area contributed by atoms with Crippen molar-refractivity contribution in [2.24, 2.45) is 0 Å². The number of ether oxygens (including phenoxy) is 2. The fraction of sp³-hybridized carbons (Fsp3) is 0.292. The molecule has 0 unspecified atom stereocenters. The summed E-state index contributed by atoms with van der Waals surface area (Å²) in [5, 5.41) is 0.371. The van der Waals surface area contributed by atoms with E-state index in [0.717, 1.165) is 11.7 Å². The number of carbonyl (C=O) groups is 3. The summed E-state index contributed by atoms with van der Waals surface area (Å²) in [5.74, 6) is -1.10. The highest BCUT2D eigenvalue weighted by molar-refractivity contribution is 14.1. The third-order valence-corrected chi connectivity index (χ3v) is 6.06. The van der Waals surface area contributed by atoms with Crippen LogP contribution in [0.1, 0.15) is 37.0 Å². The molecule has 1 heterocycles. The topological polar surface area (TPSA) is 151 Å². The Bertz CT molecular complexity index is 1380. The van der Waals surface area contributed by atoms with Gasteiger partial charge >= 0.3 is 17.6 Å². The molecule has 0 saturated carbocycles. The number of nitrogens with one attached hydrogen (secondary N) is 1. The molecule has 192 valence electrons. The van der Waals surface area contributed by atoms with Crippen molar-refractivity contribution >= 4 is 79.5 Å². The van der Waals surface area contributed by atoms with Gasteiger partial charge in [0, 0.05) is 24.8 Å². The van der Waals surface area contributed by atoms with Crippen molar-refractivity contribution in [3.63, 3.8) is 0 Å². The van der Waals surface area contributed by atoms with Crippen molar-refractivity contribution in [2.75, 3.05) is 18.9 Å². The summed E-state index contributed by atoms with van der Waals surface area (Å²) in [6, 6.07) is 10.4. The van der Waals surface area contributed by atoms with Crippen LogP contribution in [-0.2, 0) is 25.6 Å². The quantitative estimate of drug-likeness (QED) is 0.156. The molecule has 0 fully saturated rings. The summed E-state index contributed by atoms with van der Waals surface area (Å²) in [7, 11) is 0. The highest BCUT2D eigenvalue weighted by atomic mass is 127. The Hall–Kier alpha value is -2.75. The number of nitrogens with two attached hydrogens (primary N) is 1. The Balaban J connectivity index is 0.000000255. The van der Waals surface area contributed by atoms with Crippen molar-refractivity contribution in [3.8, 4) is 0 Å². The number of esters is 2. The lowest BCUT2D eigenvalue weighted by molar-refractivity contribution is -0.144. The van der Waals surface area contributed by atoms with Gasteiger partial charge < -0.3 is 20.2 Å². The average Bonchev–Trinajstić information content (AvgIpc) is 2.83. The largest absolute Gasteiger partial charge is 0.466 e. The van der Waals surface area contributed by atoms with Crippen LogP contribution < -0.4 is 17.0 Å². The smallest absolute Gasteiger partial charge is 0.329 e. The van der Waals surface area contributed by atoms with Crippen molar-refractivity contribution in [2.45, 2.75) is 33.2 Å². The average molecular weight is 721 g/mol. The monoisotopic (exact) mass is 721 g/mol. The molecule has 3 N–H and O–H groups in total. The van der Waals surface area contributed by atoms with Crippen molar-refractivity contribution in [1.82, 2.24) is 9.55 Å². The van der Waals surface area contributed by atoms with Gasteiger partial charge in [0.05, 0.1) is 30.5 Å². The zero-order valence-corrected chi connectivity index (χ0v) is 24.0. The Morgan fingerprint density at radius 2 is 1.53 bits per heavy atom. The number of anilines is 1. The van der Waals surface area contributed by atoms with E-state index in [9.17, 15) is 24.0 Å². The molecule has 0 amide bonds. The van der Waals surface area contributed by atoms with Gasteiger partial charge in [-0.3, -0.25) is 19.2 Å². The minimum absolute atomic E-state index is 0.0948. The summed E-state index contributed by atoms with van der Waals surface area (Å²) >= 11 is 4.18. The summed E-state index contributed by atoms with van der Waals surface area (Å²) in [5.41, 5.74) is 5.97. The molecule has 10 nitrogen and oxygen atoms in total. The van der Waals surface area contributed by atoms with E-state index >= 15 is 0 Å². The predicted octanol–water partition coefficient (Wildman–Crippen LogP) is 3.26. The molecule has 0 radical (unpaired) electrons. The van der Waals surface area contributed by atoms with Crippen molar-refractivity contribution < 1.29 is 23.9 Å². The number of benzene rings is 2. The first-order valence-electron chi connectivity index (χ1n) is 10.9. The second-order valence-corrected chi connectivity index (χ2v) is 9.77. The third-order valence-electron chi connectivity index (χ3n) is 4.71. The Morgan fingerprint density at radius 1 is 0.917 bits per heavy atom. The minimum Gasteiger partial charge on any atom is -0.466 e. The van der Waals surface area contributed by atoms with Crippen LogP contribution in [0.2, 0.25) is 0 Å². The SMILES string of the molecule is CCOC(=O)CCC(=O)c1cc(I)ccc1N.CCOC(=O)Cn1c(=O)[nH]c2ccc(I)cc2c1=O. The van der Waals surface area contributed by atoms with E-state index in [1.165, 1.54) is 0 Å². The molecule has 12 heteroatoms. The van der Waals surface area contributed by atoms with E-state index in [4.69, 9.17) is 15.2 Å². The number of nitrogens with zero attached hydrogens (tertiary/aromatic N) is 1. The molecular formula is C24H25I2N3O7. The van der Waals surface area contributed by atoms with E-state index in [1.54, 1.807) is 44.2 Å². The van der Waals surface area contributed by atoms with Gasteiger partial charge in [-0.15, -0.1) is 0 Å². The molecule has 0 saturated heterocycles. The predicted molar refractivity (Wildman–Crippen MR) is 152 cm³/mol. The van der Waals surface area contributed by atoms with Gasteiger partial charge in [0.25, 0.3) is 5.56 Å². The number of halogens is 2. The third kappa shape index (κ3) is 8.43. The van der Waals surface area contributed by atoms with E-state index in [0.29, 0.717) is 28.8 Å². The lowest BCUT2D eigenvalue weighted by atomic mass is 10.1. The fourth-order valence-corrected chi connectivity index (χ4v) is 4.04. The van der Waals surface area contributed by atoms with Gasteiger partial charge in [0.1, 0.15) is 6.54 Å². The van der Waals surface area contributed by atoms with E-state index in [2.05, 4.69) is 50.2 Å². The first-order chi connectivity index (χ1) is 17.1. The lowest BCUT2D eigenvalue weighted by Crippen LogP contribution is -2.37. The highest BCUT2D eigenvalue weighted by Gasteiger charge is 2.13. The van der Waals surface area contributed by atoms with Gasteiger partial charge in [0.2, 0.25) is 0 Å². The summed E-state index contributed by atoms with van der Waals surface area (Å²) in [6.45, 7) is 3.55. The molecule has 0 atom stereocenters. The number of hydrogen-bond acceptors (Lipinski definition) is 8. The highest BCUT2D eigenvalue weighted by Crippen LogP contribution is 2.18. The number of nitrogen functional groups attached to an aromatic ring is 1. The van der Waals surface area contributed by atoms with Crippen LogP contribution >= 0.6 is 45.2 Å². The van der Waals surface area contributed by atoms with Crippen LogP contribution in [-0.4, -0.2) is 40.5 Å². The van der Waals surface area contributed by atoms with Crippen LogP contribution in [0.15, 0.2) is 46.0 Å². The normalized spacial score (nSPS) is 10.3. The molecule has 3 aromatic rings. The number of H-pyrrole nitrogens is 1. The zero-order chi connectivity index (χ0) is 26.8. The number of fused-ring (bicyclic) bond motifs is 1. The molecule has 1 aromatic heterocycles. The zero-order valence-electron chi connectivity index (χ0n) is 19.6.